The second kappa shape index (κ2) is 10.9. The van der Waals surface area contributed by atoms with Crippen LogP contribution in [0, 0.1) is 0 Å². The Hall–Kier alpha value is -6.16. The van der Waals surface area contributed by atoms with E-state index >= 15 is 0 Å². The molecule has 0 fully saturated rings. The summed E-state index contributed by atoms with van der Waals surface area (Å²) in [6.45, 7) is 4.73. The van der Waals surface area contributed by atoms with E-state index in [4.69, 9.17) is 0 Å². The molecule has 10 aromatic rings. The summed E-state index contributed by atoms with van der Waals surface area (Å²) in [6.07, 6.45) is 0. The van der Waals surface area contributed by atoms with Crippen molar-refractivity contribution in [3.63, 3.8) is 0 Å². The molecule has 3 heteroatoms. The van der Waals surface area contributed by atoms with Crippen LogP contribution in [0.3, 0.4) is 0 Å². The lowest BCUT2D eigenvalue weighted by Gasteiger charge is -2.25. The summed E-state index contributed by atoms with van der Waals surface area (Å²) in [5.74, 6) is 0. The lowest BCUT2D eigenvalue weighted by molar-refractivity contribution is 0.661. The lowest BCUT2D eigenvalue weighted by atomic mass is 9.82. The number of aromatic nitrogens is 1. The van der Waals surface area contributed by atoms with E-state index in [0.717, 1.165) is 22.7 Å². The smallest absolute Gasteiger partial charge is 0.0547 e. The first-order valence-corrected chi connectivity index (χ1v) is 18.8. The molecule has 0 saturated carbocycles. The van der Waals surface area contributed by atoms with Crippen LogP contribution in [0.15, 0.2) is 170 Å². The largest absolute Gasteiger partial charge is 0.310 e. The van der Waals surface area contributed by atoms with E-state index in [0.29, 0.717) is 0 Å². The molecule has 1 aliphatic rings. The summed E-state index contributed by atoms with van der Waals surface area (Å²) in [5.41, 5.74) is 12.5. The molecule has 11 rings (SSSR count). The predicted molar refractivity (Wildman–Crippen MR) is 223 cm³/mol. The summed E-state index contributed by atoms with van der Waals surface area (Å²) in [4.78, 5) is 2.40. The highest BCUT2D eigenvalue weighted by molar-refractivity contribution is 7.25. The van der Waals surface area contributed by atoms with Gasteiger partial charge in [-0.2, -0.15) is 0 Å². The second-order valence-corrected chi connectivity index (χ2v) is 15.7. The van der Waals surface area contributed by atoms with Gasteiger partial charge in [-0.15, -0.1) is 11.3 Å². The van der Waals surface area contributed by atoms with Crippen molar-refractivity contribution in [2.75, 3.05) is 4.90 Å². The van der Waals surface area contributed by atoms with Gasteiger partial charge in [-0.05, 0) is 106 Å². The third-order valence-corrected chi connectivity index (χ3v) is 12.5. The van der Waals surface area contributed by atoms with Crippen molar-refractivity contribution in [2.24, 2.45) is 0 Å². The van der Waals surface area contributed by atoms with Gasteiger partial charge in [-0.25, -0.2) is 0 Å². The molecule has 2 aromatic heterocycles. The van der Waals surface area contributed by atoms with Crippen LogP contribution in [0.5, 0.6) is 0 Å². The minimum Gasteiger partial charge on any atom is -0.310 e. The van der Waals surface area contributed by atoms with E-state index in [-0.39, 0.29) is 5.41 Å². The van der Waals surface area contributed by atoms with E-state index in [2.05, 4.69) is 193 Å². The number of para-hydroxylation sites is 2. The Balaban J connectivity index is 1.18. The maximum absolute atomic E-state index is 2.46. The fraction of sp³-hybridized carbons (Fsp3) is 0.0612. The van der Waals surface area contributed by atoms with Crippen LogP contribution in [-0.4, -0.2) is 4.57 Å². The van der Waals surface area contributed by atoms with Crippen LogP contribution in [-0.2, 0) is 5.41 Å². The molecule has 0 saturated heterocycles. The van der Waals surface area contributed by atoms with E-state index in [1.54, 1.807) is 0 Å². The minimum absolute atomic E-state index is 0.0458. The van der Waals surface area contributed by atoms with Gasteiger partial charge >= 0.3 is 0 Å². The number of thiophene rings is 1. The van der Waals surface area contributed by atoms with Crippen molar-refractivity contribution >= 4 is 81.1 Å². The third kappa shape index (κ3) is 4.17. The number of hydrogen-bond acceptors (Lipinski definition) is 2. The maximum Gasteiger partial charge on any atom is 0.0547 e. The molecule has 0 amide bonds. The molecule has 0 aliphatic heterocycles. The van der Waals surface area contributed by atoms with Crippen LogP contribution in [0.4, 0.5) is 17.1 Å². The summed E-state index contributed by atoms with van der Waals surface area (Å²) in [5, 5.41) is 7.70. The Kier molecular flexibility index (Phi) is 6.21. The molecule has 0 radical (unpaired) electrons. The monoisotopic (exact) mass is 682 g/mol. The zero-order chi connectivity index (χ0) is 34.6. The van der Waals surface area contributed by atoms with Gasteiger partial charge in [0.05, 0.1) is 11.0 Å². The Morgan fingerprint density at radius 3 is 2.02 bits per heavy atom. The second-order valence-electron chi connectivity index (χ2n) is 14.6. The zero-order valence-corrected chi connectivity index (χ0v) is 29.8. The van der Waals surface area contributed by atoms with E-state index in [1.165, 1.54) is 75.0 Å². The van der Waals surface area contributed by atoms with Gasteiger partial charge in [0.2, 0.25) is 0 Å². The highest BCUT2D eigenvalue weighted by atomic mass is 32.1. The quantitative estimate of drug-likeness (QED) is 0.179. The molecular weight excluding hydrogens is 649 g/mol. The van der Waals surface area contributed by atoms with Gasteiger partial charge < -0.3 is 9.47 Å². The number of hydrogen-bond donors (Lipinski definition) is 0. The maximum atomic E-state index is 2.46. The molecule has 8 aromatic carbocycles. The highest BCUT2D eigenvalue weighted by Crippen LogP contribution is 2.52. The van der Waals surface area contributed by atoms with Crippen LogP contribution >= 0.6 is 11.3 Å². The van der Waals surface area contributed by atoms with Gasteiger partial charge in [-0.1, -0.05) is 111 Å². The Labute approximate surface area is 306 Å². The fourth-order valence-corrected chi connectivity index (χ4v) is 10.0. The van der Waals surface area contributed by atoms with Gasteiger partial charge in [0.15, 0.2) is 0 Å². The molecule has 0 spiro atoms. The summed E-state index contributed by atoms with van der Waals surface area (Å²) >= 11 is 1.86. The Morgan fingerprint density at radius 1 is 0.462 bits per heavy atom. The minimum atomic E-state index is -0.0458. The van der Waals surface area contributed by atoms with E-state index < -0.39 is 0 Å². The van der Waals surface area contributed by atoms with Gasteiger partial charge in [0, 0.05) is 59.1 Å². The summed E-state index contributed by atoms with van der Waals surface area (Å²) in [6, 6.07) is 62.8. The highest BCUT2D eigenvalue weighted by Gasteiger charge is 2.36. The molecule has 0 atom stereocenters. The average Bonchev–Trinajstić information content (AvgIpc) is 3.79. The van der Waals surface area contributed by atoms with Crippen molar-refractivity contribution in [1.29, 1.82) is 0 Å². The number of anilines is 3. The van der Waals surface area contributed by atoms with Crippen LogP contribution in [0.25, 0.3) is 69.6 Å². The topological polar surface area (TPSA) is 8.17 Å². The molecular formula is C49H34N2S. The molecule has 0 unspecified atom stereocenters. The van der Waals surface area contributed by atoms with Crippen molar-refractivity contribution in [2.45, 2.75) is 19.3 Å². The molecule has 1 aliphatic carbocycles. The molecule has 0 bridgehead atoms. The van der Waals surface area contributed by atoms with E-state index in [9.17, 15) is 0 Å². The standard InChI is InChI=1S/C49H34N2S/c1-49(2)42-19-11-9-18-38(42)48-39-30-45-40(27-31(39)21-25-43(48)49)41-28-34(23-26-44(41)51(45)33-15-7-4-8-16-33)50(32-13-5-3-6-14-32)35-22-24-37-36-17-10-12-20-46(36)52-47(37)29-35/h3-30H,1-2H3. The third-order valence-electron chi connectivity index (χ3n) is 11.3. The summed E-state index contributed by atoms with van der Waals surface area (Å²) < 4.78 is 5.07. The molecule has 2 nitrogen and oxygen atoms in total. The first-order valence-electron chi connectivity index (χ1n) is 18.0. The van der Waals surface area contributed by atoms with Crippen molar-refractivity contribution in [3.05, 3.63) is 181 Å². The van der Waals surface area contributed by atoms with E-state index in [1.807, 2.05) is 11.3 Å². The van der Waals surface area contributed by atoms with Gasteiger partial charge in [-0.3, -0.25) is 0 Å². The molecule has 246 valence electrons. The van der Waals surface area contributed by atoms with Crippen LogP contribution in [0.1, 0.15) is 25.0 Å². The molecule has 52 heavy (non-hydrogen) atoms. The first-order chi connectivity index (χ1) is 25.5. The molecule has 0 N–H and O–H groups in total. The van der Waals surface area contributed by atoms with Crippen LogP contribution < -0.4 is 4.90 Å². The number of benzene rings is 8. The Morgan fingerprint density at radius 2 is 1.15 bits per heavy atom. The number of fused-ring (bicyclic) bond motifs is 11. The predicted octanol–water partition coefficient (Wildman–Crippen LogP) is 14.1. The number of nitrogens with zero attached hydrogens (tertiary/aromatic N) is 2. The summed E-state index contributed by atoms with van der Waals surface area (Å²) in [7, 11) is 0. The Bertz CT molecular complexity index is 3040. The average molecular weight is 683 g/mol. The normalized spacial score (nSPS) is 13.3. The SMILES string of the molecule is CC1(C)c2ccccc2-c2c1ccc1cc3c4cc(N(c5ccccc5)c5ccc6c(c5)sc5ccccc56)ccc4n(-c4ccccc4)c3cc21. The van der Waals surface area contributed by atoms with Crippen LogP contribution in [0.2, 0.25) is 0 Å². The van der Waals surface area contributed by atoms with Gasteiger partial charge in [0.1, 0.15) is 0 Å². The lowest BCUT2D eigenvalue weighted by Crippen LogP contribution is -2.14. The molecule has 2 heterocycles. The van der Waals surface area contributed by atoms with Gasteiger partial charge in [0.25, 0.3) is 0 Å². The van der Waals surface area contributed by atoms with Crippen molar-refractivity contribution < 1.29 is 0 Å². The fourth-order valence-electron chi connectivity index (χ4n) is 8.90. The first kappa shape index (κ1) is 29.6. The zero-order valence-electron chi connectivity index (χ0n) is 29.0. The van der Waals surface area contributed by atoms with Crippen molar-refractivity contribution in [1.82, 2.24) is 4.57 Å². The number of rotatable bonds is 4. The van der Waals surface area contributed by atoms with Crippen molar-refractivity contribution in [3.8, 4) is 16.8 Å².